The first-order valence-electron chi connectivity index (χ1n) is 7.99. The zero-order chi connectivity index (χ0) is 16.1. The molecule has 23 heavy (non-hydrogen) atoms. The smallest absolute Gasteiger partial charge is 0.220 e. The monoisotopic (exact) mass is 327 g/mol. The fourth-order valence-corrected chi connectivity index (χ4v) is 3.68. The maximum atomic E-state index is 11.4. The van der Waals surface area contributed by atoms with Crippen molar-refractivity contribution in [1.82, 2.24) is 5.32 Å². The summed E-state index contributed by atoms with van der Waals surface area (Å²) >= 11 is 1.83. The summed E-state index contributed by atoms with van der Waals surface area (Å²) in [6.07, 6.45) is 1.64. The van der Waals surface area contributed by atoms with Crippen molar-refractivity contribution in [3.8, 4) is 11.5 Å². The van der Waals surface area contributed by atoms with E-state index in [1.807, 2.05) is 36.0 Å². The number of thioether (sulfide) groups is 1. The second-order valence-electron chi connectivity index (χ2n) is 5.58. The van der Waals surface area contributed by atoms with Gasteiger partial charge in [0.15, 0.2) is 0 Å². The summed E-state index contributed by atoms with van der Waals surface area (Å²) in [7, 11) is 0. The highest BCUT2D eigenvalue weighted by molar-refractivity contribution is 7.99. The number of rotatable bonds is 4. The minimum absolute atomic E-state index is 0.149. The lowest BCUT2D eigenvalue weighted by Crippen LogP contribution is -2.24. The Balaban J connectivity index is 1.65. The van der Waals surface area contributed by atoms with E-state index >= 15 is 0 Å². The summed E-state index contributed by atoms with van der Waals surface area (Å²) in [6, 6.07) is 16.4. The predicted octanol–water partition coefficient (Wildman–Crippen LogP) is 4.34. The maximum absolute atomic E-state index is 11.4. The van der Waals surface area contributed by atoms with Crippen LogP contribution in [0.2, 0.25) is 0 Å². The van der Waals surface area contributed by atoms with Crippen LogP contribution >= 0.6 is 11.8 Å². The van der Waals surface area contributed by atoms with Crippen LogP contribution in [0.1, 0.15) is 29.7 Å². The molecule has 0 bridgehead atoms. The highest BCUT2D eigenvalue weighted by atomic mass is 32.2. The highest BCUT2D eigenvalue weighted by Gasteiger charge is 2.17. The van der Waals surface area contributed by atoms with E-state index < -0.39 is 0 Å². The number of hydrogen-bond acceptors (Lipinski definition) is 3. The van der Waals surface area contributed by atoms with Crippen molar-refractivity contribution in [2.24, 2.45) is 0 Å². The lowest BCUT2D eigenvalue weighted by Gasteiger charge is -2.14. The number of amides is 1. The van der Waals surface area contributed by atoms with Crippen LogP contribution in [-0.2, 0) is 11.2 Å². The van der Waals surface area contributed by atoms with Crippen LogP contribution < -0.4 is 10.1 Å². The number of carbonyl (C=O) groups excluding carboxylic acids is 1. The van der Waals surface area contributed by atoms with Crippen molar-refractivity contribution in [3.05, 3.63) is 59.7 Å². The average Bonchev–Trinajstić information content (AvgIpc) is 2.81. The molecule has 1 aliphatic heterocycles. The molecule has 0 aromatic heterocycles. The van der Waals surface area contributed by atoms with Crippen LogP contribution in [0.25, 0.3) is 0 Å². The van der Waals surface area contributed by atoms with Crippen LogP contribution in [0.4, 0.5) is 0 Å². The summed E-state index contributed by atoms with van der Waals surface area (Å²) < 4.78 is 5.89. The van der Waals surface area contributed by atoms with Gasteiger partial charge in [-0.15, -0.1) is 0 Å². The highest BCUT2D eigenvalue weighted by Crippen LogP contribution is 2.32. The van der Waals surface area contributed by atoms with Crippen molar-refractivity contribution in [2.75, 3.05) is 12.3 Å². The van der Waals surface area contributed by atoms with Gasteiger partial charge in [-0.2, -0.15) is 11.8 Å². The first-order chi connectivity index (χ1) is 11.2. The van der Waals surface area contributed by atoms with Crippen LogP contribution in [-0.4, -0.2) is 18.2 Å². The summed E-state index contributed by atoms with van der Waals surface area (Å²) in [5, 5.41) is 3.29. The Morgan fingerprint density at radius 3 is 2.39 bits per heavy atom. The zero-order valence-electron chi connectivity index (χ0n) is 13.2. The van der Waals surface area contributed by atoms with Crippen molar-refractivity contribution < 1.29 is 9.53 Å². The number of aryl methyl sites for hydroxylation is 1. The van der Waals surface area contributed by atoms with Crippen LogP contribution in [0.3, 0.4) is 0 Å². The number of ether oxygens (including phenoxy) is 1. The van der Waals surface area contributed by atoms with Gasteiger partial charge in [0.2, 0.25) is 5.91 Å². The molecule has 1 aliphatic rings. The molecule has 3 nitrogen and oxygen atoms in total. The minimum atomic E-state index is 0.149. The summed E-state index contributed by atoms with van der Waals surface area (Å²) in [4.78, 5) is 11.4. The SMILES string of the molecule is CCc1ccc(Oc2ccc(C3CNC(=O)CCS3)cc2)cc1. The van der Waals surface area contributed by atoms with Crippen LogP contribution in [0, 0.1) is 0 Å². The normalized spacial score (nSPS) is 18.1. The molecule has 120 valence electrons. The Labute approximate surface area is 141 Å². The van der Waals surface area contributed by atoms with Gasteiger partial charge in [-0.05, 0) is 41.8 Å². The molecule has 1 atom stereocenters. The Morgan fingerprint density at radius 2 is 1.74 bits per heavy atom. The Kier molecular flexibility index (Phi) is 5.23. The lowest BCUT2D eigenvalue weighted by molar-refractivity contribution is -0.120. The van der Waals surface area contributed by atoms with Gasteiger partial charge >= 0.3 is 0 Å². The molecule has 2 aromatic carbocycles. The van der Waals surface area contributed by atoms with Gasteiger partial charge in [-0.3, -0.25) is 4.79 Å². The molecule has 1 fully saturated rings. The molecule has 0 spiro atoms. The quantitative estimate of drug-likeness (QED) is 0.908. The molecule has 3 rings (SSSR count). The van der Waals surface area contributed by atoms with Gasteiger partial charge in [-0.1, -0.05) is 31.2 Å². The van der Waals surface area contributed by atoms with Crippen molar-refractivity contribution in [1.29, 1.82) is 0 Å². The van der Waals surface area contributed by atoms with Gasteiger partial charge in [0.25, 0.3) is 0 Å². The van der Waals surface area contributed by atoms with E-state index in [2.05, 4.69) is 36.5 Å². The second kappa shape index (κ2) is 7.55. The third-order valence-corrected chi connectivity index (χ3v) is 5.23. The first kappa shape index (κ1) is 15.9. The third kappa shape index (κ3) is 4.29. The standard InChI is InChI=1S/C19H21NO2S/c1-2-14-3-7-16(8-4-14)22-17-9-5-15(6-10-17)18-13-20-19(21)11-12-23-18/h3-10,18H,2,11-13H2,1H3,(H,20,21). The Hall–Kier alpha value is -1.94. The Bertz CT molecular complexity index is 652. The third-order valence-electron chi connectivity index (χ3n) is 3.95. The average molecular weight is 327 g/mol. The van der Waals surface area contributed by atoms with Crippen molar-refractivity contribution in [3.63, 3.8) is 0 Å². The van der Waals surface area contributed by atoms with Crippen LogP contribution in [0.15, 0.2) is 48.5 Å². The van der Waals surface area contributed by atoms with Crippen LogP contribution in [0.5, 0.6) is 11.5 Å². The number of hydrogen-bond donors (Lipinski definition) is 1. The van der Waals surface area contributed by atoms with Crippen molar-refractivity contribution in [2.45, 2.75) is 25.0 Å². The fraction of sp³-hybridized carbons (Fsp3) is 0.316. The van der Waals surface area contributed by atoms with E-state index in [4.69, 9.17) is 4.74 Å². The van der Waals surface area contributed by atoms with E-state index in [0.717, 1.165) is 23.7 Å². The second-order valence-corrected chi connectivity index (χ2v) is 6.89. The van der Waals surface area contributed by atoms with E-state index in [1.165, 1.54) is 11.1 Å². The maximum Gasteiger partial charge on any atom is 0.220 e. The number of benzene rings is 2. The van der Waals surface area contributed by atoms with Gasteiger partial charge in [0, 0.05) is 24.0 Å². The molecule has 1 heterocycles. The minimum Gasteiger partial charge on any atom is -0.457 e. The molecule has 1 N–H and O–H groups in total. The molecule has 1 unspecified atom stereocenters. The molecule has 2 aromatic rings. The molecular formula is C19H21NO2S. The van der Waals surface area contributed by atoms with Gasteiger partial charge in [-0.25, -0.2) is 0 Å². The molecule has 0 radical (unpaired) electrons. The molecule has 0 saturated carbocycles. The topological polar surface area (TPSA) is 38.3 Å². The largest absolute Gasteiger partial charge is 0.457 e. The first-order valence-corrected chi connectivity index (χ1v) is 9.04. The summed E-state index contributed by atoms with van der Waals surface area (Å²) in [6.45, 7) is 2.84. The van der Waals surface area contributed by atoms with E-state index in [1.54, 1.807) is 0 Å². The fourth-order valence-electron chi connectivity index (χ4n) is 2.54. The molecule has 1 saturated heterocycles. The number of nitrogens with one attached hydrogen (secondary N) is 1. The number of carbonyl (C=O) groups is 1. The van der Waals surface area contributed by atoms with E-state index in [0.29, 0.717) is 18.2 Å². The van der Waals surface area contributed by atoms with Gasteiger partial charge < -0.3 is 10.1 Å². The van der Waals surface area contributed by atoms with E-state index in [9.17, 15) is 4.79 Å². The predicted molar refractivity (Wildman–Crippen MR) is 95.2 cm³/mol. The summed E-state index contributed by atoms with van der Waals surface area (Å²) in [5.74, 6) is 2.71. The summed E-state index contributed by atoms with van der Waals surface area (Å²) in [5.41, 5.74) is 2.53. The lowest BCUT2D eigenvalue weighted by atomic mass is 10.1. The van der Waals surface area contributed by atoms with E-state index in [-0.39, 0.29) is 5.91 Å². The van der Waals surface area contributed by atoms with Crippen molar-refractivity contribution >= 4 is 17.7 Å². The van der Waals surface area contributed by atoms with Gasteiger partial charge in [0.05, 0.1) is 0 Å². The molecule has 1 amide bonds. The molecule has 0 aliphatic carbocycles. The Morgan fingerprint density at radius 1 is 1.09 bits per heavy atom. The molecular weight excluding hydrogens is 306 g/mol. The zero-order valence-corrected chi connectivity index (χ0v) is 14.1. The van der Waals surface area contributed by atoms with Gasteiger partial charge in [0.1, 0.15) is 11.5 Å². The molecule has 4 heteroatoms.